The number of carbonyl (C=O) groups excluding carboxylic acids is 1. The minimum atomic E-state index is -0.339. The van der Waals surface area contributed by atoms with Gasteiger partial charge in [0, 0.05) is 17.5 Å². The third-order valence-corrected chi connectivity index (χ3v) is 4.69. The van der Waals surface area contributed by atoms with Gasteiger partial charge in [0.15, 0.2) is 5.11 Å². The molecule has 0 amide bonds. The summed E-state index contributed by atoms with van der Waals surface area (Å²) in [5, 5.41) is 7.11. The molecule has 0 unspecified atom stereocenters. The van der Waals surface area contributed by atoms with Crippen LogP contribution in [0, 0.1) is 13.8 Å². The quantitative estimate of drug-likeness (QED) is 0.643. The second kappa shape index (κ2) is 7.57. The van der Waals surface area contributed by atoms with E-state index in [0.29, 0.717) is 22.3 Å². The summed E-state index contributed by atoms with van der Waals surface area (Å²) in [4.78, 5) is 13.5. The van der Waals surface area contributed by atoms with Crippen LogP contribution in [0.5, 0.6) is 0 Å². The maximum Gasteiger partial charge on any atom is 0.341 e. The van der Waals surface area contributed by atoms with E-state index in [0.717, 1.165) is 16.0 Å². The summed E-state index contributed by atoms with van der Waals surface area (Å²) in [6.07, 6.45) is 0. The summed E-state index contributed by atoms with van der Waals surface area (Å²) in [5.74, 6) is -0.339. The highest BCUT2D eigenvalue weighted by atomic mass is 32.1. The van der Waals surface area contributed by atoms with Crippen LogP contribution in [0.3, 0.4) is 0 Å². The highest BCUT2D eigenvalue weighted by Gasteiger charge is 2.24. The molecule has 2 rings (SSSR count). The Morgan fingerprint density at radius 3 is 2.48 bits per heavy atom. The van der Waals surface area contributed by atoms with Gasteiger partial charge in [0.05, 0.1) is 6.61 Å². The Labute approximate surface area is 145 Å². The lowest BCUT2D eigenvalue weighted by molar-refractivity contribution is 0.0529. The summed E-state index contributed by atoms with van der Waals surface area (Å²) in [6.45, 7) is 6.16. The van der Waals surface area contributed by atoms with Crippen LogP contribution in [0.15, 0.2) is 24.3 Å². The van der Waals surface area contributed by atoms with Gasteiger partial charge in [-0.3, -0.25) is 0 Å². The van der Waals surface area contributed by atoms with Gasteiger partial charge in [0.2, 0.25) is 0 Å². The molecule has 0 aliphatic rings. The number of thiophene rings is 1. The minimum Gasteiger partial charge on any atom is -0.462 e. The van der Waals surface area contributed by atoms with Gasteiger partial charge in [-0.1, -0.05) is 29.8 Å². The maximum atomic E-state index is 12.5. The van der Waals surface area contributed by atoms with E-state index in [1.54, 1.807) is 14.0 Å². The summed E-state index contributed by atoms with van der Waals surface area (Å²) in [7, 11) is 1.74. The van der Waals surface area contributed by atoms with Gasteiger partial charge in [-0.2, -0.15) is 0 Å². The standard InChI is InChI=1S/C17H20N2O2S2/c1-5-21-16(20)14-13(12-8-6-10(2)7-9-12)11(3)23-15(14)19-17(22)18-4/h6-9H,5H2,1-4H3,(H2,18,19,22). The molecule has 0 fully saturated rings. The number of thiocarbonyl (C=S) groups is 1. The van der Waals surface area contributed by atoms with Crippen LogP contribution in [-0.2, 0) is 4.74 Å². The fourth-order valence-corrected chi connectivity index (χ4v) is 3.50. The van der Waals surface area contributed by atoms with Crippen molar-refractivity contribution in [1.82, 2.24) is 5.32 Å². The molecule has 2 N–H and O–H groups in total. The Bertz CT molecular complexity index is 721. The molecule has 0 saturated heterocycles. The Morgan fingerprint density at radius 2 is 1.91 bits per heavy atom. The number of anilines is 1. The molecule has 0 atom stereocenters. The van der Waals surface area contributed by atoms with Crippen molar-refractivity contribution in [2.45, 2.75) is 20.8 Å². The van der Waals surface area contributed by atoms with Crippen LogP contribution in [0.1, 0.15) is 27.7 Å². The van der Waals surface area contributed by atoms with Gasteiger partial charge in [-0.15, -0.1) is 11.3 Å². The lowest BCUT2D eigenvalue weighted by Crippen LogP contribution is -2.24. The van der Waals surface area contributed by atoms with Gasteiger partial charge in [-0.05, 0) is 38.6 Å². The average Bonchev–Trinajstić information content (AvgIpc) is 2.84. The number of hydrogen-bond donors (Lipinski definition) is 2. The number of hydrogen-bond acceptors (Lipinski definition) is 4. The lowest BCUT2D eigenvalue weighted by Gasteiger charge is -2.10. The molecule has 0 aliphatic heterocycles. The molecule has 0 spiro atoms. The predicted molar refractivity (Wildman–Crippen MR) is 100 cm³/mol. The molecule has 1 aromatic carbocycles. The number of nitrogens with one attached hydrogen (secondary N) is 2. The molecule has 0 saturated carbocycles. The first kappa shape index (κ1) is 17.4. The number of ether oxygens (including phenoxy) is 1. The van der Waals surface area contributed by atoms with Crippen molar-refractivity contribution in [2.24, 2.45) is 0 Å². The minimum absolute atomic E-state index is 0.330. The molecular weight excluding hydrogens is 328 g/mol. The molecule has 6 heteroatoms. The smallest absolute Gasteiger partial charge is 0.341 e. The highest BCUT2D eigenvalue weighted by Crippen LogP contribution is 2.40. The number of benzene rings is 1. The zero-order valence-electron chi connectivity index (χ0n) is 13.6. The number of aryl methyl sites for hydroxylation is 2. The molecular formula is C17H20N2O2S2. The lowest BCUT2D eigenvalue weighted by atomic mass is 10.0. The second-order valence-electron chi connectivity index (χ2n) is 5.03. The van der Waals surface area contributed by atoms with E-state index in [2.05, 4.69) is 10.6 Å². The summed E-state index contributed by atoms with van der Waals surface area (Å²) >= 11 is 6.67. The average molecular weight is 348 g/mol. The van der Waals surface area contributed by atoms with E-state index in [1.165, 1.54) is 16.9 Å². The van der Waals surface area contributed by atoms with E-state index in [4.69, 9.17) is 17.0 Å². The molecule has 23 heavy (non-hydrogen) atoms. The first-order valence-electron chi connectivity index (χ1n) is 7.34. The van der Waals surface area contributed by atoms with E-state index in [1.807, 2.05) is 38.1 Å². The van der Waals surface area contributed by atoms with Crippen LogP contribution < -0.4 is 10.6 Å². The van der Waals surface area contributed by atoms with Crippen LogP contribution in [0.4, 0.5) is 5.00 Å². The number of rotatable bonds is 4. The number of esters is 1. The largest absolute Gasteiger partial charge is 0.462 e. The van der Waals surface area contributed by atoms with E-state index < -0.39 is 0 Å². The first-order chi connectivity index (χ1) is 11.0. The second-order valence-corrected chi connectivity index (χ2v) is 6.66. The fourth-order valence-electron chi connectivity index (χ4n) is 2.26. The van der Waals surface area contributed by atoms with Gasteiger partial charge in [-0.25, -0.2) is 4.79 Å². The van der Waals surface area contributed by atoms with Crippen molar-refractivity contribution >= 4 is 39.6 Å². The van der Waals surface area contributed by atoms with Crippen molar-refractivity contribution in [1.29, 1.82) is 0 Å². The highest BCUT2D eigenvalue weighted by molar-refractivity contribution is 7.80. The SMILES string of the molecule is CCOC(=O)c1c(NC(=S)NC)sc(C)c1-c1ccc(C)cc1. The molecule has 0 bridgehead atoms. The van der Waals surface area contributed by atoms with Gasteiger partial charge < -0.3 is 15.4 Å². The molecule has 0 radical (unpaired) electrons. The van der Waals surface area contributed by atoms with Crippen molar-refractivity contribution in [3.63, 3.8) is 0 Å². The van der Waals surface area contributed by atoms with Crippen LogP contribution >= 0.6 is 23.6 Å². The third kappa shape index (κ3) is 3.89. The van der Waals surface area contributed by atoms with Gasteiger partial charge in [0.1, 0.15) is 10.6 Å². The first-order valence-corrected chi connectivity index (χ1v) is 8.56. The van der Waals surface area contributed by atoms with E-state index in [-0.39, 0.29) is 5.97 Å². The zero-order valence-corrected chi connectivity index (χ0v) is 15.3. The molecule has 122 valence electrons. The maximum absolute atomic E-state index is 12.5. The zero-order chi connectivity index (χ0) is 17.0. The summed E-state index contributed by atoms with van der Waals surface area (Å²) in [5.41, 5.74) is 3.61. The number of carbonyl (C=O) groups is 1. The van der Waals surface area contributed by atoms with Crippen LogP contribution in [0.2, 0.25) is 0 Å². The third-order valence-electron chi connectivity index (χ3n) is 3.36. The monoisotopic (exact) mass is 348 g/mol. The Hall–Kier alpha value is -1.92. The van der Waals surface area contributed by atoms with Crippen LogP contribution in [0.25, 0.3) is 11.1 Å². The molecule has 0 aliphatic carbocycles. The molecule has 4 nitrogen and oxygen atoms in total. The van der Waals surface area contributed by atoms with Gasteiger partial charge in [0.25, 0.3) is 0 Å². The molecule has 2 aromatic rings. The topological polar surface area (TPSA) is 50.4 Å². The van der Waals surface area contributed by atoms with Gasteiger partial charge >= 0.3 is 5.97 Å². The normalized spacial score (nSPS) is 10.3. The van der Waals surface area contributed by atoms with Crippen LogP contribution in [-0.4, -0.2) is 24.7 Å². The Morgan fingerprint density at radius 1 is 1.26 bits per heavy atom. The van der Waals surface area contributed by atoms with E-state index in [9.17, 15) is 4.79 Å². The van der Waals surface area contributed by atoms with Crippen molar-refractivity contribution < 1.29 is 9.53 Å². The Kier molecular flexibility index (Phi) is 5.74. The summed E-state index contributed by atoms with van der Waals surface area (Å²) in [6, 6.07) is 8.11. The van der Waals surface area contributed by atoms with Crippen molar-refractivity contribution in [3.8, 4) is 11.1 Å². The fraction of sp³-hybridized carbons (Fsp3) is 0.294. The van der Waals surface area contributed by atoms with Crippen molar-refractivity contribution in [2.75, 3.05) is 19.0 Å². The predicted octanol–water partition coefficient (Wildman–Crippen LogP) is 4.12. The van der Waals surface area contributed by atoms with E-state index >= 15 is 0 Å². The Balaban J connectivity index is 2.57. The summed E-state index contributed by atoms with van der Waals surface area (Å²) < 4.78 is 5.25. The molecule has 1 heterocycles. The molecule has 1 aromatic heterocycles. The van der Waals surface area contributed by atoms with Crippen molar-refractivity contribution in [3.05, 3.63) is 40.3 Å².